The molecule has 7 nitrogen and oxygen atoms in total. The smallest absolute Gasteiger partial charge is 0.209 e. The predicted molar refractivity (Wildman–Crippen MR) is 108 cm³/mol. The summed E-state index contributed by atoms with van der Waals surface area (Å²) in [7, 11) is 0. The summed E-state index contributed by atoms with van der Waals surface area (Å²) in [6, 6.07) is 7.13. The topological polar surface area (TPSA) is 60.5 Å². The van der Waals surface area contributed by atoms with Gasteiger partial charge < -0.3 is 14.5 Å². The Morgan fingerprint density at radius 2 is 2.03 bits per heavy atom. The van der Waals surface area contributed by atoms with Gasteiger partial charge in [0, 0.05) is 18.7 Å². The Hall–Kier alpha value is -2.06. The van der Waals surface area contributed by atoms with Crippen molar-refractivity contribution >= 4 is 5.69 Å². The Balaban J connectivity index is 1.44. The summed E-state index contributed by atoms with van der Waals surface area (Å²) >= 11 is 0. The molecule has 8 heteroatoms. The molecule has 2 aliphatic heterocycles. The number of halogens is 1. The number of unbranched alkanes of at least 4 members (excludes halogenated alkanes) is 1. The second-order valence-corrected chi connectivity index (χ2v) is 8.17. The first-order chi connectivity index (χ1) is 14.2. The number of quaternary nitrogens is 1. The van der Waals surface area contributed by atoms with Crippen molar-refractivity contribution in [3.63, 3.8) is 0 Å². The molecule has 1 N–H and O–H groups in total. The number of rotatable bonds is 8. The number of ether oxygens (including phenoxy) is 1. The van der Waals surface area contributed by atoms with Gasteiger partial charge in [-0.05, 0) is 54.0 Å². The van der Waals surface area contributed by atoms with Gasteiger partial charge in [-0.3, -0.25) is 0 Å². The van der Waals surface area contributed by atoms with Crippen molar-refractivity contribution in [1.82, 2.24) is 20.2 Å². The van der Waals surface area contributed by atoms with Crippen LogP contribution >= 0.6 is 0 Å². The number of nitrogens with one attached hydrogen (secondary N) is 1. The van der Waals surface area contributed by atoms with E-state index in [1.54, 1.807) is 4.90 Å². The van der Waals surface area contributed by atoms with Crippen LogP contribution < -0.4 is 9.80 Å². The lowest BCUT2D eigenvalue weighted by molar-refractivity contribution is -0.933. The number of hydrogen-bond acceptors (Lipinski definition) is 5. The highest BCUT2D eigenvalue weighted by atomic mass is 19.1. The van der Waals surface area contributed by atoms with E-state index in [9.17, 15) is 4.39 Å². The van der Waals surface area contributed by atoms with E-state index in [1.807, 2.05) is 16.8 Å². The summed E-state index contributed by atoms with van der Waals surface area (Å²) in [6.07, 6.45) is 5.87. The molecule has 2 saturated heterocycles. The fourth-order valence-corrected chi connectivity index (χ4v) is 4.55. The Morgan fingerprint density at radius 3 is 2.72 bits per heavy atom. The van der Waals surface area contributed by atoms with E-state index in [2.05, 4.69) is 27.3 Å². The fourth-order valence-electron chi connectivity index (χ4n) is 4.55. The van der Waals surface area contributed by atoms with Crippen molar-refractivity contribution in [2.24, 2.45) is 0 Å². The average Bonchev–Trinajstić information content (AvgIpc) is 3.42. The van der Waals surface area contributed by atoms with E-state index < -0.39 is 0 Å². The number of aromatic nitrogens is 4. The zero-order valence-electron chi connectivity index (χ0n) is 17.3. The molecule has 0 amide bonds. The van der Waals surface area contributed by atoms with Crippen LogP contribution in [-0.4, -0.2) is 59.1 Å². The van der Waals surface area contributed by atoms with Crippen molar-refractivity contribution in [1.29, 1.82) is 0 Å². The van der Waals surface area contributed by atoms with Crippen molar-refractivity contribution in [3.8, 4) is 0 Å². The molecule has 29 heavy (non-hydrogen) atoms. The lowest BCUT2D eigenvalue weighted by Gasteiger charge is -2.37. The minimum Gasteiger partial charge on any atom is -0.376 e. The highest BCUT2D eigenvalue weighted by Gasteiger charge is 2.33. The highest BCUT2D eigenvalue weighted by molar-refractivity contribution is 5.46. The number of tetrazole rings is 1. The highest BCUT2D eigenvalue weighted by Crippen LogP contribution is 2.19. The molecule has 0 aliphatic carbocycles. The summed E-state index contributed by atoms with van der Waals surface area (Å²) in [6.45, 7) is 7.79. The third-order valence-corrected chi connectivity index (χ3v) is 6.21. The number of piperazine rings is 1. The van der Waals surface area contributed by atoms with Crippen molar-refractivity contribution in [3.05, 3.63) is 35.9 Å². The number of nitrogens with zero attached hydrogens (tertiary/aromatic N) is 5. The van der Waals surface area contributed by atoms with Gasteiger partial charge in [-0.1, -0.05) is 13.3 Å². The molecule has 0 bridgehead atoms. The second kappa shape index (κ2) is 9.63. The number of hydrogen-bond donors (Lipinski definition) is 1. The molecule has 2 atom stereocenters. The van der Waals surface area contributed by atoms with Crippen molar-refractivity contribution in [2.45, 2.75) is 57.7 Å². The Bertz CT molecular complexity index is 753. The molecular formula is C21H32FN6O+. The van der Waals surface area contributed by atoms with Crippen LogP contribution in [0.5, 0.6) is 0 Å². The maximum absolute atomic E-state index is 13.2. The fraction of sp³-hybridized carbons (Fsp3) is 0.667. The van der Waals surface area contributed by atoms with Crippen LogP contribution in [0.4, 0.5) is 10.1 Å². The van der Waals surface area contributed by atoms with Crippen LogP contribution in [0.3, 0.4) is 0 Å². The van der Waals surface area contributed by atoms with Crippen LogP contribution in [0, 0.1) is 5.82 Å². The Labute approximate surface area is 171 Å². The van der Waals surface area contributed by atoms with Crippen LogP contribution in [0.2, 0.25) is 0 Å². The number of anilines is 1. The first-order valence-electron chi connectivity index (χ1n) is 11.0. The van der Waals surface area contributed by atoms with Gasteiger partial charge in [-0.15, -0.1) is 5.10 Å². The SMILES string of the molecule is CCCC[C@@H](c1nnnn1C[C@H]1CCCO1)[NH+]1CCN(c2ccc(F)cc2)CC1. The van der Waals surface area contributed by atoms with Crippen LogP contribution in [-0.2, 0) is 11.3 Å². The third-order valence-electron chi connectivity index (χ3n) is 6.21. The maximum Gasteiger partial charge on any atom is 0.209 e. The largest absolute Gasteiger partial charge is 0.376 e. The normalized spacial score (nSPS) is 21.6. The van der Waals surface area contributed by atoms with Crippen molar-refractivity contribution < 1.29 is 14.0 Å². The summed E-state index contributed by atoms with van der Waals surface area (Å²) < 4.78 is 21.0. The molecule has 0 saturated carbocycles. The quantitative estimate of drug-likeness (QED) is 0.726. The molecule has 0 radical (unpaired) electrons. The van der Waals surface area contributed by atoms with Crippen LogP contribution in [0.25, 0.3) is 0 Å². The molecule has 158 valence electrons. The molecule has 2 fully saturated rings. The van der Waals surface area contributed by atoms with Gasteiger partial charge >= 0.3 is 0 Å². The molecule has 1 aromatic heterocycles. The summed E-state index contributed by atoms with van der Waals surface area (Å²) in [5.41, 5.74) is 1.10. The molecule has 2 aliphatic rings. The monoisotopic (exact) mass is 403 g/mol. The summed E-state index contributed by atoms with van der Waals surface area (Å²) in [4.78, 5) is 3.88. The minimum atomic E-state index is -0.185. The van der Waals surface area contributed by atoms with E-state index in [0.29, 0.717) is 6.04 Å². The Kier molecular flexibility index (Phi) is 6.71. The van der Waals surface area contributed by atoms with E-state index in [-0.39, 0.29) is 11.9 Å². The van der Waals surface area contributed by atoms with E-state index in [1.165, 1.54) is 25.0 Å². The molecule has 0 unspecified atom stereocenters. The van der Waals surface area contributed by atoms with Crippen LogP contribution in [0.1, 0.15) is 50.9 Å². The molecular weight excluding hydrogens is 371 g/mol. The van der Waals surface area contributed by atoms with Gasteiger partial charge in [0.25, 0.3) is 0 Å². The molecule has 2 aromatic rings. The average molecular weight is 404 g/mol. The summed E-state index contributed by atoms with van der Waals surface area (Å²) in [5.74, 6) is 0.815. The van der Waals surface area contributed by atoms with Gasteiger partial charge in [-0.2, -0.15) is 0 Å². The summed E-state index contributed by atoms with van der Waals surface area (Å²) in [5, 5.41) is 12.7. The second-order valence-electron chi connectivity index (χ2n) is 8.17. The molecule has 3 heterocycles. The van der Waals surface area contributed by atoms with E-state index in [0.717, 1.165) is 70.1 Å². The van der Waals surface area contributed by atoms with Gasteiger partial charge in [-0.25, -0.2) is 9.07 Å². The van der Waals surface area contributed by atoms with Gasteiger partial charge in [0.05, 0.1) is 38.8 Å². The molecule has 4 rings (SSSR count). The molecule has 0 spiro atoms. The number of benzene rings is 1. The van der Waals surface area contributed by atoms with Crippen LogP contribution in [0.15, 0.2) is 24.3 Å². The lowest BCUT2D eigenvalue weighted by atomic mass is 10.1. The van der Waals surface area contributed by atoms with Gasteiger partial charge in [0.1, 0.15) is 11.9 Å². The van der Waals surface area contributed by atoms with E-state index in [4.69, 9.17) is 4.74 Å². The van der Waals surface area contributed by atoms with Gasteiger partial charge in [0.15, 0.2) is 0 Å². The van der Waals surface area contributed by atoms with E-state index >= 15 is 0 Å². The molecule has 1 aromatic carbocycles. The Morgan fingerprint density at radius 1 is 1.24 bits per heavy atom. The third kappa shape index (κ3) is 4.93. The first-order valence-corrected chi connectivity index (χ1v) is 11.0. The zero-order chi connectivity index (χ0) is 20.1. The zero-order valence-corrected chi connectivity index (χ0v) is 17.3. The lowest BCUT2D eigenvalue weighted by Crippen LogP contribution is -3.15. The minimum absolute atomic E-state index is 0.185. The van der Waals surface area contributed by atoms with Crippen molar-refractivity contribution in [2.75, 3.05) is 37.7 Å². The maximum atomic E-state index is 13.2. The van der Waals surface area contributed by atoms with Gasteiger partial charge in [0.2, 0.25) is 5.82 Å². The first kappa shape index (κ1) is 20.2. The predicted octanol–water partition coefficient (Wildman–Crippen LogP) is 1.63. The standard InChI is InChI=1S/C21H31FN6O/c1-2-3-6-20(21-23-24-25-28(21)16-19-5-4-15-29-19)27-13-11-26(12-14-27)18-9-7-17(22)8-10-18/h7-10,19-20H,2-6,11-16H2,1H3/p+1/t19-,20+/m1/s1.